The first kappa shape index (κ1) is 19.9. The van der Waals surface area contributed by atoms with E-state index in [0.717, 1.165) is 76.1 Å². The van der Waals surface area contributed by atoms with E-state index in [9.17, 15) is 4.79 Å². The molecule has 0 radical (unpaired) electrons. The van der Waals surface area contributed by atoms with Gasteiger partial charge in [0.15, 0.2) is 5.65 Å². The van der Waals surface area contributed by atoms with Gasteiger partial charge in [-0.25, -0.2) is 14.6 Å². The van der Waals surface area contributed by atoms with E-state index in [0.29, 0.717) is 23.6 Å². The lowest BCUT2D eigenvalue weighted by Gasteiger charge is -2.28. The maximum absolute atomic E-state index is 13.5. The minimum absolute atomic E-state index is 0.141. The zero-order valence-corrected chi connectivity index (χ0v) is 18.0. The lowest BCUT2D eigenvalue weighted by Crippen LogP contribution is -2.38. The Morgan fingerprint density at radius 3 is 2.63 bits per heavy atom. The highest BCUT2D eigenvalue weighted by molar-refractivity contribution is 6.01. The quantitative estimate of drug-likeness (QED) is 0.812. The largest absolute Gasteiger partial charge is 0.379 e. The highest BCUT2D eigenvalue weighted by Crippen LogP contribution is 2.58. The molecule has 3 fully saturated rings. The van der Waals surface area contributed by atoms with E-state index in [4.69, 9.17) is 4.74 Å². The van der Waals surface area contributed by atoms with E-state index in [1.165, 1.54) is 6.33 Å². The monoisotopic (exact) mass is 412 g/mol. The maximum Gasteiger partial charge on any atom is 0.232 e. The van der Waals surface area contributed by atoms with Crippen molar-refractivity contribution < 1.29 is 9.53 Å². The molecule has 8 heteroatoms. The van der Waals surface area contributed by atoms with Gasteiger partial charge in [0.25, 0.3) is 0 Å². The molecule has 2 aliphatic carbocycles. The Balaban J connectivity index is 1.34. The fraction of sp³-hybridized carbons (Fsp3) is 0.727. The molecular weight excluding hydrogens is 380 g/mol. The molecule has 3 heterocycles. The molecule has 8 nitrogen and oxygen atoms in total. The Labute approximate surface area is 177 Å². The van der Waals surface area contributed by atoms with Crippen molar-refractivity contribution in [3.8, 4) is 0 Å². The molecule has 0 bridgehead atoms. The molecule has 162 valence electrons. The second kappa shape index (κ2) is 7.89. The number of carbonyl (C=O) groups is 1. The van der Waals surface area contributed by atoms with Gasteiger partial charge in [0.2, 0.25) is 5.91 Å². The number of anilines is 1. The van der Waals surface area contributed by atoms with Crippen LogP contribution in [0, 0.1) is 23.2 Å². The number of nitrogens with zero attached hydrogens (tertiary/aromatic N) is 5. The lowest BCUT2D eigenvalue weighted by atomic mass is 9.78. The predicted octanol–water partition coefficient (Wildman–Crippen LogP) is 2.56. The third kappa shape index (κ3) is 3.50. The van der Waals surface area contributed by atoms with Crippen LogP contribution in [0.3, 0.4) is 0 Å². The SMILES string of the molecule is CC1CC2CC(C)CC2(C(=O)Nc2ncnc3c2cnn3CCN2CCOCC2)C1. The summed E-state index contributed by atoms with van der Waals surface area (Å²) in [5, 5.41) is 8.54. The minimum atomic E-state index is -0.234. The molecule has 1 amide bonds. The van der Waals surface area contributed by atoms with Crippen LogP contribution in [-0.4, -0.2) is 63.4 Å². The summed E-state index contributed by atoms with van der Waals surface area (Å²) in [6, 6.07) is 0. The van der Waals surface area contributed by atoms with Crippen molar-refractivity contribution in [2.45, 2.75) is 46.1 Å². The number of hydrogen-bond donors (Lipinski definition) is 1. The first-order valence-corrected chi connectivity index (χ1v) is 11.3. The zero-order valence-electron chi connectivity index (χ0n) is 18.0. The van der Waals surface area contributed by atoms with Crippen LogP contribution in [-0.2, 0) is 16.1 Å². The van der Waals surface area contributed by atoms with Crippen LogP contribution in [0.2, 0.25) is 0 Å². The Morgan fingerprint density at radius 2 is 1.90 bits per heavy atom. The van der Waals surface area contributed by atoms with Crippen molar-refractivity contribution in [1.29, 1.82) is 0 Å². The van der Waals surface area contributed by atoms with E-state index in [1.54, 1.807) is 6.20 Å². The second-order valence-corrected chi connectivity index (χ2v) is 9.68. The van der Waals surface area contributed by atoms with Crippen LogP contribution in [0.1, 0.15) is 39.5 Å². The van der Waals surface area contributed by atoms with E-state index < -0.39 is 0 Å². The van der Waals surface area contributed by atoms with Gasteiger partial charge < -0.3 is 10.1 Å². The third-order valence-electron chi connectivity index (χ3n) is 7.43. The molecule has 2 unspecified atom stereocenters. The average Bonchev–Trinajstić information content (AvgIpc) is 3.37. The van der Waals surface area contributed by atoms with E-state index in [-0.39, 0.29) is 11.3 Å². The predicted molar refractivity (Wildman–Crippen MR) is 114 cm³/mol. The van der Waals surface area contributed by atoms with Crippen molar-refractivity contribution in [2.24, 2.45) is 23.2 Å². The highest BCUT2D eigenvalue weighted by atomic mass is 16.5. The summed E-state index contributed by atoms with van der Waals surface area (Å²) >= 11 is 0. The fourth-order valence-corrected chi connectivity index (χ4v) is 6.17. The Bertz CT molecular complexity index is 907. The van der Waals surface area contributed by atoms with Crippen LogP contribution >= 0.6 is 0 Å². The molecule has 2 aromatic heterocycles. The summed E-state index contributed by atoms with van der Waals surface area (Å²) in [6.45, 7) is 9.71. The molecule has 2 saturated carbocycles. The molecular formula is C22H32N6O2. The third-order valence-corrected chi connectivity index (χ3v) is 7.43. The number of fused-ring (bicyclic) bond motifs is 2. The average molecular weight is 413 g/mol. The molecule has 1 N–H and O–H groups in total. The number of hydrogen-bond acceptors (Lipinski definition) is 6. The van der Waals surface area contributed by atoms with Crippen molar-refractivity contribution in [1.82, 2.24) is 24.6 Å². The Kier molecular flexibility index (Phi) is 5.23. The van der Waals surface area contributed by atoms with Crippen LogP contribution in [0.4, 0.5) is 5.82 Å². The van der Waals surface area contributed by atoms with Crippen molar-refractivity contribution >= 4 is 22.8 Å². The summed E-state index contributed by atoms with van der Waals surface area (Å²) in [7, 11) is 0. The first-order chi connectivity index (χ1) is 14.5. The van der Waals surface area contributed by atoms with Crippen molar-refractivity contribution in [3.63, 3.8) is 0 Å². The number of aromatic nitrogens is 4. The van der Waals surface area contributed by atoms with Gasteiger partial charge in [-0.05, 0) is 43.4 Å². The van der Waals surface area contributed by atoms with Crippen LogP contribution in [0.5, 0.6) is 0 Å². The van der Waals surface area contributed by atoms with Gasteiger partial charge in [-0.3, -0.25) is 9.69 Å². The Morgan fingerprint density at radius 1 is 1.17 bits per heavy atom. The molecule has 2 aromatic rings. The maximum atomic E-state index is 13.5. The normalized spacial score (nSPS) is 31.9. The molecule has 0 aromatic carbocycles. The summed E-state index contributed by atoms with van der Waals surface area (Å²) in [4.78, 5) is 24.7. The number of ether oxygens (including phenoxy) is 1. The molecule has 1 aliphatic heterocycles. The molecule has 3 aliphatic rings. The molecule has 0 spiro atoms. The minimum Gasteiger partial charge on any atom is -0.379 e. The molecule has 30 heavy (non-hydrogen) atoms. The van der Waals surface area contributed by atoms with Gasteiger partial charge >= 0.3 is 0 Å². The molecule has 1 saturated heterocycles. The van der Waals surface area contributed by atoms with Crippen LogP contribution in [0.15, 0.2) is 12.5 Å². The van der Waals surface area contributed by atoms with Crippen LogP contribution in [0.25, 0.3) is 11.0 Å². The Hall–Kier alpha value is -2.06. The molecule has 5 rings (SSSR count). The van der Waals surface area contributed by atoms with E-state index >= 15 is 0 Å². The number of amides is 1. The van der Waals surface area contributed by atoms with Gasteiger partial charge in [-0.15, -0.1) is 0 Å². The van der Waals surface area contributed by atoms with Gasteiger partial charge in [0.05, 0.1) is 36.8 Å². The summed E-state index contributed by atoms with van der Waals surface area (Å²) < 4.78 is 7.33. The number of morpholine rings is 1. The lowest BCUT2D eigenvalue weighted by molar-refractivity contribution is -0.126. The highest BCUT2D eigenvalue weighted by Gasteiger charge is 2.55. The van der Waals surface area contributed by atoms with E-state index in [2.05, 4.69) is 39.1 Å². The number of nitrogens with one attached hydrogen (secondary N) is 1. The fourth-order valence-electron chi connectivity index (χ4n) is 6.17. The van der Waals surface area contributed by atoms with E-state index in [1.807, 2.05) is 4.68 Å². The second-order valence-electron chi connectivity index (χ2n) is 9.68. The van der Waals surface area contributed by atoms with Crippen LogP contribution < -0.4 is 5.32 Å². The van der Waals surface area contributed by atoms with Crippen molar-refractivity contribution in [3.05, 3.63) is 12.5 Å². The van der Waals surface area contributed by atoms with Crippen molar-refractivity contribution in [2.75, 3.05) is 38.2 Å². The number of rotatable bonds is 5. The summed E-state index contributed by atoms with van der Waals surface area (Å²) in [5.74, 6) is 2.46. The smallest absolute Gasteiger partial charge is 0.232 e. The summed E-state index contributed by atoms with van der Waals surface area (Å²) in [5.41, 5.74) is 0.546. The topological polar surface area (TPSA) is 85.2 Å². The molecule has 2 atom stereocenters. The van der Waals surface area contributed by atoms with Gasteiger partial charge in [0.1, 0.15) is 12.1 Å². The standard InChI is InChI=1S/C22H32N6O2/c1-15-9-17-10-16(2)12-22(17,11-15)21(29)26-19-18-13-25-28(20(18)24-14-23-19)4-3-27-5-7-30-8-6-27/h13-17H,3-12H2,1-2H3,(H,23,24,26,29). The first-order valence-electron chi connectivity index (χ1n) is 11.3. The summed E-state index contributed by atoms with van der Waals surface area (Å²) in [6.07, 6.45) is 7.62. The zero-order chi connectivity index (χ0) is 20.7. The van der Waals surface area contributed by atoms with Gasteiger partial charge in [-0.1, -0.05) is 13.8 Å². The number of carbonyl (C=O) groups excluding carboxylic acids is 1. The van der Waals surface area contributed by atoms with Gasteiger partial charge in [0, 0.05) is 19.6 Å². The van der Waals surface area contributed by atoms with Gasteiger partial charge in [-0.2, -0.15) is 5.10 Å².